The molecule has 0 aliphatic carbocycles. The molecule has 0 unspecified atom stereocenters. The first-order valence-corrected chi connectivity index (χ1v) is 5.76. The van der Waals surface area contributed by atoms with Crippen LogP contribution < -0.4 is 5.43 Å². The van der Waals surface area contributed by atoms with E-state index in [-0.39, 0.29) is 17.1 Å². The van der Waals surface area contributed by atoms with E-state index in [0.717, 1.165) is 12.1 Å². The molecule has 0 aliphatic heterocycles. The Labute approximate surface area is 106 Å². The summed E-state index contributed by atoms with van der Waals surface area (Å²) in [5.74, 6) is -0.730. The van der Waals surface area contributed by atoms with E-state index in [9.17, 15) is 15.0 Å². The third kappa shape index (κ3) is 3.76. The van der Waals surface area contributed by atoms with Crippen LogP contribution >= 0.6 is 0 Å². The van der Waals surface area contributed by atoms with E-state index < -0.39 is 5.91 Å². The average Bonchev–Trinajstić information content (AvgIpc) is 2.25. The van der Waals surface area contributed by atoms with Crippen molar-refractivity contribution in [2.45, 2.75) is 27.2 Å². The van der Waals surface area contributed by atoms with Gasteiger partial charge in [0, 0.05) is 5.71 Å². The SMILES string of the molecule is CC(CC(C)C)=NNC(=O)c1c(O)cccc1O. The first-order valence-electron chi connectivity index (χ1n) is 5.76. The molecule has 98 valence electrons. The number of carbonyl (C=O) groups is 1. The Morgan fingerprint density at radius 1 is 1.33 bits per heavy atom. The van der Waals surface area contributed by atoms with Crippen molar-refractivity contribution < 1.29 is 15.0 Å². The zero-order chi connectivity index (χ0) is 13.7. The molecule has 0 radical (unpaired) electrons. The number of aromatic hydroxyl groups is 2. The van der Waals surface area contributed by atoms with Crippen LogP contribution in [0.2, 0.25) is 0 Å². The highest BCUT2D eigenvalue weighted by molar-refractivity contribution is 6.00. The molecule has 5 nitrogen and oxygen atoms in total. The number of carbonyl (C=O) groups excluding carboxylic acids is 1. The van der Waals surface area contributed by atoms with Crippen molar-refractivity contribution in [3.8, 4) is 11.5 Å². The lowest BCUT2D eigenvalue weighted by atomic mass is 10.1. The second-order valence-corrected chi connectivity index (χ2v) is 4.56. The predicted molar refractivity (Wildman–Crippen MR) is 69.8 cm³/mol. The Morgan fingerprint density at radius 2 is 1.89 bits per heavy atom. The average molecular weight is 250 g/mol. The minimum absolute atomic E-state index is 0.168. The summed E-state index contributed by atoms with van der Waals surface area (Å²) in [5, 5.41) is 22.9. The number of hydrogen-bond acceptors (Lipinski definition) is 4. The summed E-state index contributed by atoms with van der Waals surface area (Å²) in [4.78, 5) is 11.7. The van der Waals surface area contributed by atoms with E-state index in [1.807, 2.05) is 6.92 Å². The molecule has 0 aromatic heterocycles. The molecular weight excluding hydrogens is 232 g/mol. The van der Waals surface area contributed by atoms with Gasteiger partial charge in [-0.05, 0) is 31.4 Å². The van der Waals surface area contributed by atoms with Crippen LogP contribution in [0.25, 0.3) is 0 Å². The fraction of sp³-hybridized carbons (Fsp3) is 0.385. The maximum Gasteiger partial charge on any atom is 0.278 e. The molecule has 0 fully saturated rings. The number of phenolic OH excluding ortho intramolecular Hbond substituents is 2. The molecule has 0 aliphatic rings. The van der Waals surface area contributed by atoms with Gasteiger partial charge in [-0.2, -0.15) is 5.10 Å². The van der Waals surface area contributed by atoms with E-state index in [2.05, 4.69) is 24.4 Å². The standard InChI is InChI=1S/C13H18N2O3/c1-8(2)7-9(3)14-15-13(18)12-10(16)5-4-6-11(12)17/h4-6,8,16-17H,7H2,1-3H3,(H,15,18). The molecule has 1 rings (SSSR count). The van der Waals surface area contributed by atoms with E-state index >= 15 is 0 Å². The number of amides is 1. The summed E-state index contributed by atoms with van der Waals surface area (Å²) < 4.78 is 0. The van der Waals surface area contributed by atoms with Crippen molar-refractivity contribution >= 4 is 11.6 Å². The van der Waals surface area contributed by atoms with E-state index in [1.165, 1.54) is 18.2 Å². The molecule has 5 heteroatoms. The summed E-state index contributed by atoms with van der Waals surface area (Å²) in [6, 6.07) is 4.12. The maximum absolute atomic E-state index is 11.7. The van der Waals surface area contributed by atoms with Crippen molar-refractivity contribution in [1.29, 1.82) is 0 Å². The molecular formula is C13H18N2O3. The van der Waals surface area contributed by atoms with E-state index in [1.54, 1.807) is 0 Å². The quantitative estimate of drug-likeness (QED) is 0.566. The van der Waals surface area contributed by atoms with Gasteiger partial charge >= 0.3 is 0 Å². The lowest BCUT2D eigenvalue weighted by Crippen LogP contribution is -2.19. The topological polar surface area (TPSA) is 81.9 Å². The monoisotopic (exact) mass is 250 g/mol. The van der Waals surface area contributed by atoms with Crippen molar-refractivity contribution in [3.05, 3.63) is 23.8 Å². The molecule has 3 N–H and O–H groups in total. The van der Waals surface area contributed by atoms with Crippen LogP contribution in [0.4, 0.5) is 0 Å². The van der Waals surface area contributed by atoms with Gasteiger partial charge in [0.25, 0.3) is 5.91 Å². The van der Waals surface area contributed by atoms with Gasteiger partial charge in [-0.15, -0.1) is 0 Å². The van der Waals surface area contributed by atoms with Gasteiger partial charge in [-0.25, -0.2) is 5.43 Å². The van der Waals surface area contributed by atoms with Crippen molar-refractivity contribution in [2.24, 2.45) is 11.0 Å². The fourth-order valence-electron chi connectivity index (χ4n) is 1.60. The van der Waals surface area contributed by atoms with Gasteiger partial charge in [-0.1, -0.05) is 19.9 Å². The highest BCUT2D eigenvalue weighted by atomic mass is 16.3. The molecule has 1 aromatic carbocycles. The van der Waals surface area contributed by atoms with Crippen LogP contribution in [0.3, 0.4) is 0 Å². The predicted octanol–water partition coefficient (Wildman–Crippen LogP) is 2.25. The zero-order valence-corrected chi connectivity index (χ0v) is 10.8. The highest BCUT2D eigenvalue weighted by Crippen LogP contribution is 2.25. The molecule has 0 spiro atoms. The minimum Gasteiger partial charge on any atom is -0.507 e. The van der Waals surface area contributed by atoms with Crippen LogP contribution in [0.5, 0.6) is 11.5 Å². The minimum atomic E-state index is -0.631. The lowest BCUT2D eigenvalue weighted by Gasteiger charge is -2.07. The van der Waals surface area contributed by atoms with E-state index in [0.29, 0.717) is 5.92 Å². The van der Waals surface area contributed by atoms with Gasteiger partial charge < -0.3 is 10.2 Å². The van der Waals surface area contributed by atoms with Gasteiger partial charge in [0.2, 0.25) is 0 Å². The van der Waals surface area contributed by atoms with Crippen LogP contribution in [-0.2, 0) is 0 Å². The molecule has 18 heavy (non-hydrogen) atoms. The van der Waals surface area contributed by atoms with Crippen LogP contribution in [0, 0.1) is 5.92 Å². The third-order valence-electron chi connectivity index (χ3n) is 2.30. The van der Waals surface area contributed by atoms with Crippen molar-refractivity contribution in [2.75, 3.05) is 0 Å². The molecule has 0 heterocycles. The Kier molecular flexibility index (Phi) is 4.71. The number of hydrazone groups is 1. The smallest absolute Gasteiger partial charge is 0.278 e. The number of phenols is 2. The normalized spacial score (nSPS) is 11.7. The number of nitrogens with one attached hydrogen (secondary N) is 1. The fourth-order valence-corrected chi connectivity index (χ4v) is 1.60. The largest absolute Gasteiger partial charge is 0.507 e. The summed E-state index contributed by atoms with van der Waals surface area (Å²) in [5.41, 5.74) is 2.93. The molecule has 1 amide bonds. The summed E-state index contributed by atoms with van der Waals surface area (Å²) in [6.45, 7) is 5.91. The van der Waals surface area contributed by atoms with Gasteiger partial charge in [0.1, 0.15) is 17.1 Å². The Bertz CT molecular complexity index is 447. The first kappa shape index (κ1) is 14.0. The molecule has 0 saturated heterocycles. The Balaban J connectivity index is 2.78. The summed E-state index contributed by atoms with van der Waals surface area (Å²) in [7, 11) is 0. The van der Waals surface area contributed by atoms with Gasteiger partial charge in [0.05, 0.1) is 0 Å². The number of hydrogen-bond donors (Lipinski definition) is 3. The molecule has 0 atom stereocenters. The van der Waals surface area contributed by atoms with E-state index in [4.69, 9.17) is 0 Å². The zero-order valence-electron chi connectivity index (χ0n) is 10.8. The number of nitrogens with zero attached hydrogens (tertiary/aromatic N) is 1. The Morgan fingerprint density at radius 3 is 2.39 bits per heavy atom. The Hall–Kier alpha value is -2.04. The van der Waals surface area contributed by atoms with Crippen LogP contribution in [-0.4, -0.2) is 21.8 Å². The third-order valence-corrected chi connectivity index (χ3v) is 2.30. The highest BCUT2D eigenvalue weighted by Gasteiger charge is 2.15. The lowest BCUT2D eigenvalue weighted by molar-refractivity contribution is 0.0949. The molecule has 1 aromatic rings. The van der Waals surface area contributed by atoms with Crippen molar-refractivity contribution in [3.63, 3.8) is 0 Å². The second kappa shape index (κ2) is 6.05. The van der Waals surface area contributed by atoms with Gasteiger partial charge in [0.15, 0.2) is 0 Å². The number of rotatable bonds is 4. The van der Waals surface area contributed by atoms with Crippen LogP contribution in [0.1, 0.15) is 37.6 Å². The van der Waals surface area contributed by atoms with Crippen LogP contribution in [0.15, 0.2) is 23.3 Å². The second-order valence-electron chi connectivity index (χ2n) is 4.56. The molecule has 0 bridgehead atoms. The first-order chi connectivity index (χ1) is 8.41. The summed E-state index contributed by atoms with van der Waals surface area (Å²) >= 11 is 0. The number of benzene rings is 1. The summed E-state index contributed by atoms with van der Waals surface area (Å²) in [6.07, 6.45) is 0.771. The van der Waals surface area contributed by atoms with Gasteiger partial charge in [-0.3, -0.25) is 4.79 Å². The molecule has 0 saturated carbocycles. The van der Waals surface area contributed by atoms with Crippen molar-refractivity contribution in [1.82, 2.24) is 5.43 Å². The maximum atomic E-state index is 11.7.